The van der Waals surface area contributed by atoms with Crippen LogP contribution in [0.5, 0.6) is 0 Å². The number of hydrogen-bond acceptors (Lipinski definition) is 5. The van der Waals surface area contributed by atoms with Gasteiger partial charge in [-0.2, -0.15) is 0 Å². The molecule has 0 radical (unpaired) electrons. The van der Waals surface area contributed by atoms with Crippen molar-refractivity contribution in [1.29, 1.82) is 0 Å². The lowest BCUT2D eigenvalue weighted by Crippen LogP contribution is -2.34. The monoisotopic (exact) mass is 190 g/mol. The standard InChI is InChI=1S/C6H6O7/c7-3(8)1-2(4(9)10)6(12)5(11)13-6/h2,12H,1H2,(H,7,8)(H,9,10). The van der Waals surface area contributed by atoms with Gasteiger partial charge >= 0.3 is 23.7 Å². The van der Waals surface area contributed by atoms with Crippen LogP contribution in [0.3, 0.4) is 0 Å². The minimum Gasteiger partial charge on any atom is -0.481 e. The molecule has 1 rings (SSSR count). The molecular formula is C6H6O7. The van der Waals surface area contributed by atoms with E-state index in [1.54, 1.807) is 0 Å². The largest absolute Gasteiger partial charge is 0.481 e. The fourth-order valence-corrected chi connectivity index (χ4v) is 0.897. The SMILES string of the molecule is O=C(O)CC(C(=O)O)C1(O)OC1=O. The predicted molar refractivity (Wildman–Crippen MR) is 34.4 cm³/mol. The molecule has 7 heteroatoms. The number of carboxylic acids is 2. The van der Waals surface area contributed by atoms with Crippen LogP contribution >= 0.6 is 0 Å². The summed E-state index contributed by atoms with van der Waals surface area (Å²) in [6.07, 6.45) is -0.864. The Bertz CT molecular complexity index is 283. The molecule has 0 spiro atoms. The normalized spacial score (nSPS) is 27.6. The second-order valence-electron chi connectivity index (χ2n) is 2.57. The van der Waals surface area contributed by atoms with E-state index in [1.165, 1.54) is 0 Å². The van der Waals surface area contributed by atoms with Gasteiger partial charge in [0.1, 0.15) is 5.92 Å². The fraction of sp³-hybridized carbons (Fsp3) is 0.500. The van der Waals surface area contributed by atoms with Crippen LogP contribution in [0.4, 0.5) is 0 Å². The van der Waals surface area contributed by atoms with Gasteiger partial charge in [0.2, 0.25) is 0 Å². The number of carbonyl (C=O) groups is 3. The molecule has 1 saturated heterocycles. The molecule has 1 aliphatic rings. The smallest absolute Gasteiger partial charge is 0.383 e. The van der Waals surface area contributed by atoms with Crippen molar-refractivity contribution >= 4 is 17.9 Å². The number of ether oxygens (including phenoxy) is 1. The summed E-state index contributed by atoms with van der Waals surface area (Å²) in [5, 5.41) is 25.8. The van der Waals surface area contributed by atoms with E-state index in [-0.39, 0.29) is 0 Å². The summed E-state index contributed by atoms with van der Waals surface area (Å²) in [5.74, 6) is -8.32. The van der Waals surface area contributed by atoms with E-state index in [1.807, 2.05) is 0 Å². The second kappa shape index (κ2) is 2.70. The molecule has 1 fully saturated rings. The molecular weight excluding hydrogens is 184 g/mol. The summed E-state index contributed by atoms with van der Waals surface area (Å²) in [7, 11) is 0. The Morgan fingerprint density at radius 2 is 1.92 bits per heavy atom. The molecule has 0 aliphatic carbocycles. The van der Waals surface area contributed by atoms with Crippen LogP contribution in [0.2, 0.25) is 0 Å². The van der Waals surface area contributed by atoms with E-state index in [9.17, 15) is 14.4 Å². The first-order valence-corrected chi connectivity index (χ1v) is 3.28. The van der Waals surface area contributed by atoms with Crippen LogP contribution in [-0.2, 0) is 19.1 Å². The molecule has 2 unspecified atom stereocenters. The molecule has 7 nitrogen and oxygen atoms in total. The Morgan fingerprint density at radius 1 is 1.46 bits per heavy atom. The van der Waals surface area contributed by atoms with Gasteiger partial charge in [0.05, 0.1) is 6.42 Å². The van der Waals surface area contributed by atoms with Gasteiger partial charge in [0.25, 0.3) is 0 Å². The molecule has 1 heterocycles. The van der Waals surface area contributed by atoms with E-state index >= 15 is 0 Å². The van der Waals surface area contributed by atoms with Gasteiger partial charge in [-0.25, -0.2) is 4.79 Å². The van der Waals surface area contributed by atoms with Crippen molar-refractivity contribution < 1.29 is 34.4 Å². The van der Waals surface area contributed by atoms with Crippen molar-refractivity contribution in [3.63, 3.8) is 0 Å². The first-order chi connectivity index (χ1) is 5.88. The highest BCUT2D eigenvalue weighted by molar-refractivity contribution is 5.97. The quantitative estimate of drug-likeness (QED) is 0.456. The van der Waals surface area contributed by atoms with Crippen molar-refractivity contribution in [2.24, 2.45) is 5.92 Å². The lowest BCUT2D eigenvalue weighted by molar-refractivity contribution is -0.158. The maximum absolute atomic E-state index is 10.4. The lowest BCUT2D eigenvalue weighted by atomic mass is 9.99. The first kappa shape index (κ1) is 9.46. The Balaban J connectivity index is 2.75. The van der Waals surface area contributed by atoms with Crippen molar-refractivity contribution in [3.8, 4) is 0 Å². The molecule has 0 aromatic heterocycles. The summed E-state index contributed by atoms with van der Waals surface area (Å²) >= 11 is 0. The predicted octanol–water partition coefficient (Wildman–Crippen LogP) is -1.59. The molecule has 72 valence electrons. The zero-order valence-corrected chi connectivity index (χ0v) is 6.26. The molecule has 1 aliphatic heterocycles. The maximum Gasteiger partial charge on any atom is 0.383 e. The highest BCUT2D eigenvalue weighted by Crippen LogP contribution is 2.36. The van der Waals surface area contributed by atoms with Crippen LogP contribution < -0.4 is 0 Å². The molecule has 0 bridgehead atoms. The Labute approximate surface area is 71.5 Å². The third-order valence-corrected chi connectivity index (χ3v) is 1.65. The molecule has 0 saturated carbocycles. The van der Waals surface area contributed by atoms with Crippen LogP contribution in [-0.4, -0.2) is 39.0 Å². The number of epoxide rings is 1. The van der Waals surface area contributed by atoms with Crippen LogP contribution in [0.15, 0.2) is 0 Å². The fourth-order valence-electron chi connectivity index (χ4n) is 0.897. The minimum absolute atomic E-state index is 0.864. The highest BCUT2D eigenvalue weighted by Gasteiger charge is 2.66. The van der Waals surface area contributed by atoms with Gasteiger partial charge in [-0.05, 0) is 0 Å². The number of hydrogen-bond donors (Lipinski definition) is 3. The molecule has 0 aromatic rings. The molecule has 2 atom stereocenters. The summed E-state index contributed by atoms with van der Waals surface area (Å²) in [6.45, 7) is 0. The van der Waals surface area contributed by atoms with Gasteiger partial charge in [-0.15, -0.1) is 0 Å². The van der Waals surface area contributed by atoms with E-state index in [0.717, 1.165) is 0 Å². The van der Waals surface area contributed by atoms with E-state index in [2.05, 4.69) is 4.74 Å². The summed E-state index contributed by atoms with van der Waals surface area (Å²) in [5.41, 5.74) is 0. The highest BCUT2D eigenvalue weighted by atomic mass is 16.8. The van der Waals surface area contributed by atoms with Crippen molar-refractivity contribution in [1.82, 2.24) is 0 Å². The Kier molecular flexibility index (Phi) is 1.96. The third-order valence-electron chi connectivity index (χ3n) is 1.65. The second-order valence-corrected chi connectivity index (χ2v) is 2.57. The zero-order valence-electron chi connectivity index (χ0n) is 6.26. The van der Waals surface area contributed by atoms with Gasteiger partial charge in [0, 0.05) is 0 Å². The first-order valence-electron chi connectivity index (χ1n) is 3.28. The van der Waals surface area contributed by atoms with Crippen molar-refractivity contribution in [3.05, 3.63) is 0 Å². The topological polar surface area (TPSA) is 124 Å². The molecule has 13 heavy (non-hydrogen) atoms. The number of cyclic esters (lactones) is 1. The average molecular weight is 190 g/mol. The molecule has 3 N–H and O–H groups in total. The lowest BCUT2D eigenvalue weighted by Gasteiger charge is -2.08. The van der Waals surface area contributed by atoms with E-state index < -0.39 is 36.0 Å². The van der Waals surface area contributed by atoms with E-state index in [4.69, 9.17) is 15.3 Å². The maximum atomic E-state index is 10.4. The molecule has 0 aromatic carbocycles. The van der Waals surface area contributed by atoms with Gasteiger partial charge < -0.3 is 20.1 Å². The van der Waals surface area contributed by atoms with E-state index in [0.29, 0.717) is 0 Å². The number of rotatable bonds is 4. The van der Waals surface area contributed by atoms with Crippen LogP contribution in [0.25, 0.3) is 0 Å². The Hall–Kier alpha value is -1.63. The van der Waals surface area contributed by atoms with Gasteiger partial charge in [-0.3, -0.25) is 9.59 Å². The van der Waals surface area contributed by atoms with Crippen molar-refractivity contribution in [2.45, 2.75) is 12.2 Å². The summed E-state index contributed by atoms with van der Waals surface area (Å²) in [6, 6.07) is 0. The van der Waals surface area contributed by atoms with Crippen LogP contribution in [0.1, 0.15) is 6.42 Å². The number of carbonyl (C=O) groups excluding carboxylic acids is 1. The third kappa shape index (κ3) is 1.59. The Morgan fingerprint density at radius 3 is 2.15 bits per heavy atom. The summed E-state index contributed by atoms with van der Waals surface area (Å²) in [4.78, 5) is 31.0. The van der Waals surface area contributed by atoms with Gasteiger partial charge in [-0.1, -0.05) is 0 Å². The number of aliphatic hydroxyl groups is 1. The number of carboxylic acid groups (broad SMARTS) is 2. The minimum atomic E-state index is -2.44. The van der Waals surface area contributed by atoms with Gasteiger partial charge in [0.15, 0.2) is 0 Å². The zero-order chi connectivity index (χ0) is 10.2. The molecule has 0 amide bonds. The summed E-state index contributed by atoms with van der Waals surface area (Å²) < 4.78 is 4.00. The number of aliphatic carboxylic acids is 2. The average Bonchev–Trinajstić information content (AvgIpc) is 2.55. The van der Waals surface area contributed by atoms with Crippen LogP contribution in [0, 0.1) is 5.92 Å². The van der Waals surface area contributed by atoms with Crippen molar-refractivity contribution in [2.75, 3.05) is 0 Å².